The van der Waals surface area contributed by atoms with Crippen molar-refractivity contribution in [2.45, 2.75) is 33.0 Å². The van der Waals surface area contributed by atoms with Crippen LogP contribution in [0.4, 0.5) is 0 Å². The van der Waals surface area contributed by atoms with Gasteiger partial charge in [-0.25, -0.2) is 0 Å². The molecular formula is C14H24N2O2. The van der Waals surface area contributed by atoms with Crippen LogP contribution in [0.15, 0.2) is 18.2 Å². The second-order valence-electron chi connectivity index (χ2n) is 4.77. The normalized spacial score (nSPS) is 11.3. The highest BCUT2D eigenvalue weighted by molar-refractivity contribution is 5.37. The molecule has 4 heteroatoms. The molecule has 0 saturated carbocycles. The second kappa shape index (κ2) is 7.36. The molecule has 0 fully saturated rings. The molecule has 0 aliphatic rings. The second-order valence-corrected chi connectivity index (χ2v) is 4.77. The van der Waals surface area contributed by atoms with E-state index in [9.17, 15) is 0 Å². The molecule has 0 radical (unpaired) electrons. The minimum absolute atomic E-state index is 0.140. The standard InChI is InChI=1S/C14H24N2O2/c1-11(2)18-14-8-12(4-5-13(14)9-15)10-16(3)6-7-17/h4-5,8,11,17H,6-7,9-10,15H2,1-3H3. The van der Waals surface area contributed by atoms with Gasteiger partial charge in [-0.15, -0.1) is 0 Å². The summed E-state index contributed by atoms with van der Waals surface area (Å²) in [5, 5.41) is 8.89. The van der Waals surface area contributed by atoms with Gasteiger partial charge in [-0.05, 0) is 32.5 Å². The summed E-state index contributed by atoms with van der Waals surface area (Å²) in [6.45, 7) is 6.12. The summed E-state index contributed by atoms with van der Waals surface area (Å²) < 4.78 is 5.77. The molecule has 0 amide bonds. The lowest BCUT2D eigenvalue weighted by molar-refractivity contribution is 0.216. The van der Waals surface area contributed by atoms with E-state index in [-0.39, 0.29) is 12.7 Å². The third kappa shape index (κ3) is 4.64. The molecule has 102 valence electrons. The Hall–Kier alpha value is -1.10. The summed E-state index contributed by atoms with van der Waals surface area (Å²) in [4.78, 5) is 2.07. The highest BCUT2D eigenvalue weighted by Gasteiger charge is 2.07. The van der Waals surface area contributed by atoms with Crippen molar-refractivity contribution in [1.29, 1.82) is 0 Å². The molecule has 0 aliphatic carbocycles. The number of nitrogens with two attached hydrogens (primary N) is 1. The Balaban J connectivity index is 2.81. The molecule has 3 N–H and O–H groups in total. The number of aliphatic hydroxyl groups is 1. The van der Waals surface area contributed by atoms with Crippen LogP contribution in [0.5, 0.6) is 5.75 Å². The molecule has 4 nitrogen and oxygen atoms in total. The topological polar surface area (TPSA) is 58.7 Å². The molecule has 0 heterocycles. The molecule has 0 aliphatic heterocycles. The van der Waals surface area contributed by atoms with Gasteiger partial charge in [-0.2, -0.15) is 0 Å². The zero-order valence-electron chi connectivity index (χ0n) is 11.5. The van der Waals surface area contributed by atoms with Crippen molar-refractivity contribution >= 4 is 0 Å². The van der Waals surface area contributed by atoms with Crippen LogP contribution < -0.4 is 10.5 Å². The van der Waals surface area contributed by atoms with Gasteiger partial charge in [0, 0.05) is 25.2 Å². The summed E-state index contributed by atoms with van der Waals surface area (Å²) in [5.41, 5.74) is 7.89. The van der Waals surface area contributed by atoms with Gasteiger partial charge < -0.3 is 15.6 Å². The van der Waals surface area contributed by atoms with Gasteiger partial charge in [-0.3, -0.25) is 4.90 Å². The van der Waals surface area contributed by atoms with Gasteiger partial charge in [-0.1, -0.05) is 12.1 Å². The lowest BCUT2D eigenvalue weighted by atomic mass is 10.1. The molecule has 0 spiro atoms. The zero-order valence-corrected chi connectivity index (χ0v) is 11.5. The van der Waals surface area contributed by atoms with Crippen molar-refractivity contribution in [2.75, 3.05) is 20.2 Å². The Morgan fingerprint density at radius 1 is 1.39 bits per heavy atom. The first kappa shape index (κ1) is 15.0. The number of rotatable bonds is 7. The van der Waals surface area contributed by atoms with E-state index >= 15 is 0 Å². The molecule has 0 atom stereocenters. The van der Waals surface area contributed by atoms with Crippen molar-refractivity contribution in [3.05, 3.63) is 29.3 Å². The lowest BCUT2D eigenvalue weighted by Gasteiger charge is -2.18. The third-order valence-corrected chi connectivity index (χ3v) is 2.65. The Bertz CT molecular complexity index is 367. The molecule has 0 saturated heterocycles. The van der Waals surface area contributed by atoms with Gasteiger partial charge in [0.2, 0.25) is 0 Å². The summed E-state index contributed by atoms with van der Waals surface area (Å²) in [6, 6.07) is 6.11. The number of hydrogen-bond donors (Lipinski definition) is 2. The maximum Gasteiger partial charge on any atom is 0.124 e. The Labute approximate surface area is 109 Å². The number of ether oxygens (including phenoxy) is 1. The van der Waals surface area contributed by atoms with Gasteiger partial charge in [0.1, 0.15) is 5.75 Å². The number of likely N-dealkylation sites (N-methyl/N-ethyl adjacent to an activating group) is 1. The largest absolute Gasteiger partial charge is 0.491 e. The maximum atomic E-state index is 8.89. The molecule has 18 heavy (non-hydrogen) atoms. The van der Waals surface area contributed by atoms with Gasteiger partial charge in [0.25, 0.3) is 0 Å². The van der Waals surface area contributed by atoms with E-state index in [0.29, 0.717) is 13.1 Å². The van der Waals surface area contributed by atoms with Crippen molar-refractivity contribution < 1.29 is 9.84 Å². The SMILES string of the molecule is CC(C)Oc1cc(CN(C)CCO)ccc1CN. The van der Waals surface area contributed by atoms with Crippen LogP contribution in [0.25, 0.3) is 0 Å². The van der Waals surface area contributed by atoms with E-state index in [1.807, 2.05) is 33.0 Å². The van der Waals surface area contributed by atoms with Crippen LogP contribution in [0, 0.1) is 0 Å². The highest BCUT2D eigenvalue weighted by Crippen LogP contribution is 2.22. The number of aliphatic hydroxyl groups excluding tert-OH is 1. The van der Waals surface area contributed by atoms with E-state index in [1.165, 1.54) is 5.56 Å². The molecule has 1 aromatic rings. The highest BCUT2D eigenvalue weighted by atomic mass is 16.5. The minimum atomic E-state index is 0.140. The van der Waals surface area contributed by atoms with Crippen molar-refractivity contribution in [3.8, 4) is 5.75 Å². The Morgan fingerprint density at radius 3 is 2.67 bits per heavy atom. The Morgan fingerprint density at radius 2 is 2.11 bits per heavy atom. The monoisotopic (exact) mass is 252 g/mol. The molecular weight excluding hydrogens is 228 g/mol. The third-order valence-electron chi connectivity index (χ3n) is 2.65. The zero-order chi connectivity index (χ0) is 13.5. The van der Waals surface area contributed by atoms with Crippen molar-refractivity contribution in [2.24, 2.45) is 5.73 Å². The fourth-order valence-electron chi connectivity index (χ4n) is 1.79. The number of benzene rings is 1. The van der Waals surface area contributed by atoms with Crippen LogP contribution in [0.3, 0.4) is 0 Å². The van der Waals surface area contributed by atoms with E-state index in [0.717, 1.165) is 17.9 Å². The predicted octanol–water partition coefficient (Wildman–Crippen LogP) is 1.36. The van der Waals surface area contributed by atoms with Gasteiger partial charge >= 0.3 is 0 Å². The minimum Gasteiger partial charge on any atom is -0.491 e. The number of nitrogens with zero attached hydrogens (tertiary/aromatic N) is 1. The number of hydrogen-bond acceptors (Lipinski definition) is 4. The van der Waals surface area contributed by atoms with Crippen LogP contribution in [0.1, 0.15) is 25.0 Å². The van der Waals surface area contributed by atoms with Crippen LogP contribution in [0.2, 0.25) is 0 Å². The first-order valence-electron chi connectivity index (χ1n) is 6.34. The summed E-state index contributed by atoms with van der Waals surface area (Å²) in [7, 11) is 1.98. The fraction of sp³-hybridized carbons (Fsp3) is 0.571. The van der Waals surface area contributed by atoms with E-state index < -0.39 is 0 Å². The quantitative estimate of drug-likeness (QED) is 0.769. The average molecular weight is 252 g/mol. The molecule has 1 aromatic carbocycles. The first-order valence-corrected chi connectivity index (χ1v) is 6.34. The molecule has 1 rings (SSSR count). The maximum absolute atomic E-state index is 8.89. The van der Waals surface area contributed by atoms with E-state index in [1.54, 1.807) is 0 Å². The van der Waals surface area contributed by atoms with Crippen LogP contribution >= 0.6 is 0 Å². The average Bonchev–Trinajstić information content (AvgIpc) is 2.28. The van der Waals surface area contributed by atoms with Gasteiger partial charge in [0.15, 0.2) is 0 Å². The van der Waals surface area contributed by atoms with Crippen LogP contribution in [-0.2, 0) is 13.1 Å². The fourth-order valence-corrected chi connectivity index (χ4v) is 1.79. The summed E-state index contributed by atoms with van der Waals surface area (Å²) in [6.07, 6.45) is 0.140. The Kier molecular flexibility index (Phi) is 6.12. The molecule has 0 bridgehead atoms. The summed E-state index contributed by atoms with van der Waals surface area (Å²) in [5.74, 6) is 0.863. The van der Waals surface area contributed by atoms with E-state index in [2.05, 4.69) is 11.0 Å². The predicted molar refractivity (Wildman–Crippen MR) is 73.5 cm³/mol. The van der Waals surface area contributed by atoms with E-state index in [4.69, 9.17) is 15.6 Å². The lowest BCUT2D eigenvalue weighted by Crippen LogP contribution is -2.21. The first-order chi connectivity index (χ1) is 8.56. The summed E-state index contributed by atoms with van der Waals surface area (Å²) >= 11 is 0. The molecule has 0 unspecified atom stereocenters. The van der Waals surface area contributed by atoms with Crippen molar-refractivity contribution in [1.82, 2.24) is 4.90 Å². The van der Waals surface area contributed by atoms with Crippen molar-refractivity contribution in [3.63, 3.8) is 0 Å². The van der Waals surface area contributed by atoms with Crippen LogP contribution in [-0.4, -0.2) is 36.3 Å². The molecule has 0 aromatic heterocycles. The smallest absolute Gasteiger partial charge is 0.124 e. The van der Waals surface area contributed by atoms with Gasteiger partial charge in [0.05, 0.1) is 12.7 Å².